The van der Waals surface area contributed by atoms with Crippen LogP contribution >= 0.6 is 11.6 Å². The van der Waals surface area contributed by atoms with E-state index in [9.17, 15) is 14.4 Å². The topological polar surface area (TPSA) is 83.5 Å². The molecule has 2 rings (SSSR count). The van der Waals surface area contributed by atoms with E-state index in [-0.39, 0.29) is 34.0 Å². The quantitative estimate of drug-likeness (QED) is 0.824. The predicted molar refractivity (Wildman–Crippen MR) is 86.0 cm³/mol. The lowest BCUT2D eigenvalue weighted by molar-refractivity contribution is 0.0696. The number of carboxylic acid groups (broad SMARTS) is 1. The Hall–Kier alpha value is -2.66. The standard InChI is InChI=1S/C17H14ClNO4/c1-10(20)15-13(3-2-4-14(15)18)16(21)19-9-11-5-7-12(8-6-11)17(22)23/h2-8H,9H2,1H3,(H,19,21)(H,22,23). The van der Waals surface area contributed by atoms with Crippen LogP contribution in [0.15, 0.2) is 42.5 Å². The van der Waals surface area contributed by atoms with Crippen LogP contribution < -0.4 is 5.32 Å². The first-order valence-corrected chi connectivity index (χ1v) is 7.18. The number of carbonyl (C=O) groups is 3. The monoisotopic (exact) mass is 331 g/mol. The van der Waals surface area contributed by atoms with Crippen molar-refractivity contribution in [3.8, 4) is 0 Å². The van der Waals surface area contributed by atoms with Crippen LogP contribution in [0.3, 0.4) is 0 Å². The Kier molecular flexibility index (Phi) is 5.13. The van der Waals surface area contributed by atoms with Crippen LogP contribution in [0.4, 0.5) is 0 Å². The molecule has 23 heavy (non-hydrogen) atoms. The van der Waals surface area contributed by atoms with E-state index < -0.39 is 11.9 Å². The summed E-state index contributed by atoms with van der Waals surface area (Å²) in [5.74, 6) is -1.71. The van der Waals surface area contributed by atoms with Crippen LogP contribution in [0.5, 0.6) is 0 Å². The molecule has 0 heterocycles. The lowest BCUT2D eigenvalue weighted by atomic mass is 10.0. The molecule has 0 saturated heterocycles. The molecular weight excluding hydrogens is 318 g/mol. The van der Waals surface area contributed by atoms with Crippen molar-refractivity contribution in [1.82, 2.24) is 5.32 Å². The molecule has 0 aliphatic rings. The maximum Gasteiger partial charge on any atom is 0.335 e. The van der Waals surface area contributed by atoms with Crippen molar-refractivity contribution in [3.63, 3.8) is 0 Å². The van der Waals surface area contributed by atoms with Gasteiger partial charge in [0.25, 0.3) is 5.91 Å². The highest BCUT2D eigenvalue weighted by molar-refractivity contribution is 6.34. The zero-order valence-electron chi connectivity index (χ0n) is 12.3. The van der Waals surface area contributed by atoms with Gasteiger partial charge in [0.2, 0.25) is 0 Å². The minimum Gasteiger partial charge on any atom is -0.478 e. The highest BCUT2D eigenvalue weighted by atomic mass is 35.5. The summed E-state index contributed by atoms with van der Waals surface area (Å²) in [7, 11) is 0. The Balaban J connectivity index is 2.13. The van der Waals surface area contributed by atoms with Gasteiger partial charge in [-0.3, -0.25) is 9.59 Å². The Morgan fingerprint density at radius 3 is 2.30 bits per heavy atom. The highest BCUT2D eigenvalue weighted by Gasteiger charge is 2.17. The molecule has 2 N–H and O–H groups in total. The van der Waals surface area contributed by atoms with E-state index in [0.29, 0.717) is 0 Å². The number of aromatic carboxylic acids is 1. The molecule has 2 aromatic carbocycles. The molecule has 0 aliphatic heterocycles. The number of amides is 1. The number of hydrogen-bond donors (Lipinski definition) is 2. The fourth-order valence-corrected chi connectivity index (χ4v) is 2.42. The summed E-state index contributed by atoms with van der Waals surface area (Å²) in [5, 5.41) is 11.8. The molecule has 5 nitrogen and oxygen atoms in total. The van der Waals surface area contributed by atoms with Gasteiger partial charge in [-0.15, -0.1) is 0 Å². The van der Waals surface area contributed by atoms with E-state index in [4.69, 9.17) is 16.7 Å². The summed E-state index contributed by atoms with van der Waals surface area (Å²) in [5.41, 5.74) is 1.32. The van der Waals surface area contributed by atoms with E-state index in [2.05, 4.69) is 5.32 Å². The van der Waals surface area contributed by atoms with E-state index in [0.717, 1.165) is 5.56 Å². The third-order valence-electron chi connectivity index (χ3n) is 3.26. The number of nitrogens with one attached hydrogen (secondary N) is 1. The maximum absolute atomic E-state index is 12.3. The summed E-state index contributed by atoms with van der Waals surface area (Å²) in [6, 6.07) is 10.9. The number of carbonyl (C=O) groups excluding carboxylic acids is 2. The third-order valence-corrected chi connectivity index (χ3v) is 3.58. The van der Waals surface area contributed by atoms with E-state index >= 15 is 0 Å². The number of halogens is 1. The summed E-state index contributed by atoms with van der Waals surface area (Å²) < 4.78 is 0. The van der Waals surface area contributed by atoms with Crippen molar-refractivity contribution in [2.45, 2.75) is 13.5 Å². The number of rotatable bonds is 5. The average molecular weight is 332 g/mol. The maximum atomic E-state index is 12.3. The van der Waals surface area contributed by atoms with Gasteiger partial charge < -0.3 is 10.4 Å². The zero-order chi connectivity index (χ0) is 17.0. The number of hydrogen-bond acceptors (Lipinski definition) is 3. The molecule has 0 aromatic heterocycles. The fraction of sp³-hybridized carbons (Fsp3) is 0.118. The Morgan fingerprint density at radius 1 is 1.09 bits per heavy atom. The normalized spacial score (nSPS) is 10.2. The van der Waals surface area contributed by atoms with Gasteiger partial charge in [-0.25, -0.2) is 4.79 Å². The predicted octanol–water partition coefficient (Wildman–Crippen LogP) is 3.17. The van der Waals surface area contributed by atoms with Crippen LogP contribution in [-0.4, -0.2) is 22.8 Å². The number of ketones is 1. The Morgan fingerprint density at radius 2 is 1.74 bits per heavy atom. The minimum absolute atomic E-state index is 0.175. The summed E-state index contributed by atoms with van der Waals surface area (Å²) >= 11 is 5.98. The Labute approximate surface area is 137 Å². The molecular formula is C17H14ClNO4. The second kappa shape index (κ2) is 7.07. The SMILES string of the molecule is CC(=O)c1c(Cl)cccc1C(=O)NCc1ccc(C(=O)O)cc1. The molecule has 0 atom stereocenters. The van der Waals surface area contributed by atoms with Gasteiger partial charge >= 0.3 is 5.97 Å². The van der Waals surface area contributed by atoms with Crippen LogP contribution in [0.2, 0.25) is 5.02 Å². The van der Waals surface area contributed by atoms with Crippen molar-refractivity contribution < 1.29 is 19.5 Å². The molecule has 118 valence electrons. The minimum atomic E-state index is -1.01. The molecule has 0 spiro atoms. The number of Topliss-reactive ketones (excluding diaryl/α,β-unsaturated/α-hetero) is 1. The van der Waals surface area contributed by atoms with Crippen molar-refractivity contribution in [1.29, 1.82) is 0 Å². The van der Waals surface area contributed by atoms with E-state index in [1.54, 1.807) is 24.3 Å². The van der Waals surface area contributed by atoms with Gasteiger partial charge in [0, 0.05) is 12.1 Å². The molecule has 2 aromatic rings. The molecule has 1 amide bonds. The van der Waals surface area contributed by atoms with Gasteiger partial charge in [-0.1, -0.05) is 29.8 Å². The molecule has 6 heteroatoms. The van der Waals surface area contributed by atoms with Gasteiger partial charge in [0.15, 0.2) is 5.78 Å². The van der Waals surface area contributed by atoms with Crippen molar-refractivity contribution >= 4 is 29.3 Å². The van der Waals surface area contributed by atoms with Crippen LogP contribution in [0.25, 0.3) is 0 Å². The summed E-state index contributed by atoms with van der Waals surface area (Å²) in [4.78, 5) is 34.7. The van der Waals surface area contributed by atoms with Crippen LogP contribution in [0, 0.1) is 0 Å². The lowest BCUT2D eigenvalue weighted by Gasteiger charge is -2.10. The Bertz CT molecular complexity index is 769. The van der Waals surface area contributed by atoms with Gasteiger partial charge in [0.1, 0.15) is 0 Å². The van der Waals surface area contributed by atoms with Crippen molar-refractivity contribution in [2.75, 3.05) is 0 Å². The molecule has 0 aliphatic carbocycles. The van der Waals surface area contributed by atoms with Crippen molar-refractivity contribution in [3.05, 3.63) is 69.7 Å². The summed E-state index contributed by atoms with van der Waals surface area (Å²) in [6.45, 7) is 1.56. The van der Waals surface area contributed by atoms with E-state index in [1.165, 1.54) is 25.1 Å². The molecule has 0 saturated carbocycles. The third kappa shape index (κ3) is 3.96. The number of benzene rings is 2. The van der Waals surface area contributed by atoms with Gasteiger partial charge in [0.05, 0.1) is 16.1 Å². The number of carboxylic acids is 1. The van der Waals surface area contributed by atoms with Crippen molar-refractivity contribution in [2.24, 2.45) is 0 Å². The van der Waals surface area contributed by atoms with Gasteiger partial charge in [-0.2, -0.15) is 0 Å². The van der Waals surface area contributed by atoms with Gasteiger partial charge in [-0.05, 0) is 36.8 Å². The first-order chi connectivity index (χ1) is 10.9. The second-order valence-corrected chi connectivity index (χ2v) is 5.31. The molecule has 0 bridgehead atoms. The highest BCUT2D eigenvalue weighted by Crippen LogP contribution is 2.20. The van der Waals surface area contributed by atoms with Crippen LogP contribution in [-0.2, 0) is 6.54 Å². The average Bonchev–Trinajstić information content (AvgIpc) is 2.52. The summed E-state index contributed by atoms with van der Waals surface area (Å²) in [6.07, 6.45) is 0. The fourth-order valence-electron chi connectivity index (χ4n) is 2.11. The molecule has 0 unspecified atom stereocenters. The van der Waals surface area contributed by atoms with Crippen LogP contribution in [0.1, 0.15) is 43.6 Å². The molecule has 0 radical (unpaired) electrons. The largest absolute Gasteiger partial charge is 0.478 e. The lowest BCUT2D eigenvalue weighted by Crippen LogP contribution is -2.24. The smallest absolute Gasteiger partial charge is 0.335 e. The zero-order valence-corrected chi connectivity index (χ0v) is 13.1. The first-order valence-electron chi connectivity index (χ1n) is 6.80. The molecule has 0 fully saturated rings. The first kappa shape index (κ1) is 16.7. The van der Waals surface area contributed by atoms with E-state index in [1.807, 2.05) is 0 Å². The second-order valence-electron chi connectivity index (χ2n) is 4.90.